The van der Waals surface area contributed by atoms with Gasteiger partial charge in [-0.3, -0.25) is 14.5 Å². The maximum absolute atomic E-state index is 12.8. The van der Waals surface area contributed by atoms with Crippen LogP contribution in [0.3, 0.4) is 0 Å². The number of alkyl halides is 3. The van der Waals surface area contributed by atoms with Gasteiger partial charge in [-0.25, -0.2) is 9.59 Å². The number of rotatable bonds is 6. The van der Waals surface area contributed by atoms with Crippen LogP contribution >= 0.6 is 11.8 Å². The number of methoxy groups -OCH3 is 1. The van der Waals surface area contributed by atoms with E-state index in [1.54, 1.807) is 30.3 Å². The summed E-state index contributed by atoms with van der Waals surface area (Å²) < 4.78 is 37.1. The molecule has 2 aliphatic heterocycles. The van der Waals surface area contributed by atoms with Crippen molar-refractivity contribution in [1.82, 2.24) is 10.2 Å². The van der Waals surface area contributed by atoms with Gasteiger partial charge in [0.15, 0.2) is 0 Å². The quantitative estimate of drug-likeness (QED) is 0.260. The molecular formula is C19H20F3N3O8S. The number of carboxylic acid groups (broad SMARTS) is 2. The van der Waals surface area contributed by atoms with Gasteiger partial charge >= 0.3 is 18.1 Å². The second kappa shape index (κ2) is 10.4. The van der Waals surface area contributed by atoms with E-state index < -0.39 is 53.7 Å². The molecule has 1 saturated heterocycles. The van der Waals surface area contributed by atoms with Crippen LogP contribution in [0.4, 0.5) is 13.2 Å². The Hall–Kier alpha value is -3.14. The van der Waals surface area contributed by atoms with Gasteiger partial charge in [-0.2, -0.15) is 13.2 Å². The highest BCUT2D eigenvalue weighted by atomic mass is 32.2. The van der Waals surface area contributed by atoms with E-state index in [1.165, 1.54) is 18.9 Å². The average molecular weight is 507 g/mol. The second-order valence-electron chi connectivity index (χ2n) is 6.87. The van der Waals surface area contributed by atoms with Gasteiger partial charge in [0, 0.05) is 12.9 Å². The molecule has 1 aromatic carbocycles. The van der Waals surface area contributed by atoms with Crippen LogP contribution in [0.25, 0.3) is 0 Å². The first kappa shape index (κ1) is 27.1. The molecule has 0 saturated carbocycles. The van der Waals surface area contributed by atoms with E-state index in [1.807, 2.05) is 0 Å². The molecule has 2 aliphatic rings. The van der Waals surface area contributed by atoms with E-state index in [0.717, 1.165) is 4.90 Å². The summed E-state index contributed by atoms with van der Waals surface area (Å²) in [6, 6.07) is 7.62. The van der Waals surface area contributed by atoms with Crippen molar-refractivity contribution in [1.29, 1.82) is 0 Å². The van der Waals surface area contributed by atoms with Crippen LogP contribution in [-0.4, -0.2) is 80.7 Å². The van der Waals surface area contributed by atoms with Crippen LogP contribution in [0.5, 0.6) is 0 Å². The first-order chi connectivity index (χ1) is 15.8. The Kier molecular flexibility index (Phi) is 8.31. The van der Waals surface area contributed by atoms with Crippen LogP contribution in [0.2, 0.25) is 0 Å². The molecule has 11 nitrogen and oxygen atoms in total. The van der Waals surface area contributed by atoms with Gasteiger partial charge in [-0.05, 0) is 11.1 Å². The standard InChI is InChI=1S/C17H19N3O6S.C2HF3O2/c1-26-17(19-13(22)11(18)9-5-3-2-4-6-9)15(25)20-12(14(23)24)10(7-21)8-27-16(17)20;3-2(4,5)1(6)7/h2-6,11,16,21H,7-8,18H2,1H3,(H,19,22)(H,23,24);(H,6,7)/t11?,16?,17-;/m1./s1. The molecule has 2 unspecified atom stereocenters. The van der Waals surface area contributed by atoms with Crippen LogP contribution in [0.15, 0.2) is 41.6 Å². The first-order valence-electron chi connectivity index (χ1n) is 9.31. The zero-order valence-electron chi connectivity index (χ0n) is 17.4. The molecule has 0 spiro atoms. The number of hydrogen-bond donors (Lipinski definition) is 5. The van der Waals surface area contributed by atoms with Gasteiger partial charge in [-0.15, -0.1) is 11.8 Å². The number of carbonyl (C=O) groups is 4. The molecule has 186 valence electrons. The summed E-state index contributed by atoms with van der Waals surface area (Å²) in [6.45, 7) is -0.476. The molecule has 2 heterocycles. The summed E-state index contributed by atoms with van der Waals surface area (Å²) in [7, 11) is 1.26. The lowest BCUT2D eigenvalue weighted by Gasteiger charge is -2.55. The van der Waals surface area contributed by atoms with Crippen molar-refractivity contribution in [2.45, 2.75) is 23.3 Å². The number of nitrogens with zero attached hydrogens (tertiary/aromatic N) is 1. The summed E-state index contributed by atoms with van der Waals surface area (Å²) in [5.41, 5.74) is 4.78. The number of fused-ring (bicyclic) bond motifs is 1. The number of carbonyl (C=O) groups excluding carboxylic acids is 2. The highest BCUT2D eigenvalue weighted by Crippen LogP contribution is 2.46. The Labute approximate surface area is 194 Å². The van der Waals surface area contributed by atoms with E-state index >= 15 is 0 Å². The van der Waals surface area contributed by atoms with Gasteiger partial charge in [0.2, 0.25) is 5.91 Å². The predicted molar refractivity (Wildman–Crippen MR) is 110 cm³/mol. The third-order valence-electron chi connectivity index (χ3n) is 4.82. The van der Waals surface area contributed by atoms with Crippen molar-refractivity contribution in [3.8, 4) is 0 Å². The summed E-state index contributed by atoms with van der Waals surface area (Å²) in [5, 5.41) is 27.7. The number of hydrogen-bond acceptors (Lipinski definition) is 8. The fourth-order valence-electron chi connectivity index (χ4n) is 3.14. The Bertz CT molecular complexity index is 1000. The van der Waals surface area contributed by atoms with Gasteiger partial charge < -0.3 is 31.1 Å². The molecule has 2 amide bonds. The molecule has 0 aliphatic carbocycles. The first-order valence-corrected chi connectivity index (χ1v) is 10.4. The average Bonchev–Trinajstić information content (AvgIpc) is 2.80. The molecule has 3 rings (SSSR count). The van der Waals surface area contributed by atoms with Crippen molar-refractivity contribution in [2.24, 2.45) is 5.73 Å². The Balaban J connectivity index is 0.000000509. The number of ether oxygens (including phenoxy) is 1. The maximum Gasteiger partial charge on any atom is 0.490 e. The minimum absolute atomic E-state index is 0.193. The van der Waals surface area contributed by atoms with E-state index in [2.05, 4.69) is 5.32 Å². The summed E-state index contributed by atoms with van der Waals surface area (Å²) >= 11 is 1.19. The minimum atomic E-state index is -5.08. The number of carboxylic acids is 2. The van der Waals surface area contributed by atoms with Crippen LogP contribution in [0.1, 0.15) is 11.6 Å². The number of halogens is 3. The molecule has 0 radical (unpaired) electrons. The fraction of sp³-hybridized carbons (Fsp3) is 0.368. The number of aliphatic hydroxyl groups excluding tert-OH is 1. The normalized spacial score (nSPS) is 22.6. The number of β-lactam (4-membered cyclic amide) rings is 1. The molecule has 15 heteroatoms. The van der Waals surface area contributed by atoms with E-state index in [0.29, 0.717) is 5.56 Å². The predicted octanol–water partition coefficient (Wildman–Crippen LogP) is 0.0247. The highest BCUT2D eigenvalue weighted by molar-refractivity contribution is 8.00. The maximum atomic E-state index is 12.8. The second-order valence-corrected chi connectivity index (χ2v) is 7.94. The molecule has 0 bridgehead atoms. The highest BCUT2D eigenvalue weighted by Gasteiger charge is 2.66. The lowest BCUT2D eigenvalue weighted by atomic mass is 9.97. The van der Waals surface area contributed by atoms with Crippen molar-refractivity contribution in [3.05, 3.63) is 47.2 Å². The smallest absolute Gasteiger partial charge is 0.477 e. The lowest BCUT2D eigenvalue weighted by Crippen LogP contribution is -2.81. The monoisotopic (exact) mass is 507 g/mol. The summed E-state index contributed by atoms with van der Waals surface area (Å²) in [6.07, 6.45) is -5.08. The Morgan fingerprint density at radius 1 is 1.29 bits per heavy atom. The van der Waals surface area contributed by atoms with E-state index in [9.17, 15) is 37.8 Å². The van der Waals surface area contributed by atoms with Crippen LogP contribution in [0, 0.1) is 0 Å². The molecule has 3 atom stereocenters. The van der Waals surface area contributed by atoms with Gasteiger partial charge in [-0.1, -0.05) is 30.3 Å². The third-order valence-corrected chi connectivity index (χ3v) is 6.19. The third kappa shape index (κ3) is 5.16. The number of nitrogens with one attached hydrogen (secondary N) is 1. The number of amides is 2. The van der Waals surface area contributed by atoms with Crippen molar-refractivity contribution < 1.29 is 52.4 Å². The topological polar surface area (TPSA) is 179 Å². The summed E-state index contributed by atoms with van der Waals surface area (Å²) in [4.78, 5) is 46.9. The molecule has 34 heavy (non-hydrogen) atoms. The van der Waals surface area contributed by atoms with Gasteiger partial charge in [0.05, 0.1) is 6.61 Å². The number of aliphatic hydroxyl groups is 1. The Morgan fingerprint density at radius 3 is 2.29 bits per heavy atom. The van der Waals surface area contributed by atoms with Crippen molar-refractivity contribution in [3.63, 3.8) is 0 Å². The molecular weight excluding hydrogens is 487 g/mol. The number of benzene rings is 1. The van der Waals surface area contributed by atoms with Gasteiger partial charge in [0.1, 0.15) is 17.1 Å². The minimum Gasteiger partial charge on any atom is -0.477 e. The number of nitrogens with two attached hydrogens (primary N) is 1. The van der Waals surface area contributed by atoms with Crippen LogP contribution in [-0.2, 0) is 23.9 Å². The zero-order chi connectivity index (χ0) is 25.8. The summed E-state index contributed by atoms with van der Waals surface area (Å²) in [5.74, 6) is -5.23. The zero-order valence-corrected chi connectivity index (χ0v) is 18.2. The molecule has 0 aromatic heterocycles. The lowest BCUT2D eigenvalue weighted by molar-refractivity contribution is -0.192. The van der Waals surface area contributed by atoms with E-state index in [4.69, 9.17) is 20.4 Å². The number of aliphatic carboxylic acids is 2. The van der Waals surface area contributed by atoms with Gasteiger partial charge in [0.25, 0.3) is 11.6 Å². The van der Waals surface area contributed by atoms with Crippen molar-refractivity contribution >= 4 is 35.5 Å². The SMILES string of the molecule is CO[C@]1(NC(=O)C(N)c2ccccc2)C(=O)N2C(C(=O)O)=C(CO)CSC21.O=C(O)C(F)(F)F. The molecule has 1 fully saturated rings. The number of thioether (sulfide) groups is 1. The fourth-order valence-corrected chi connectivity index (χ4v) is 4.57. The Morgan fingerprint density at radius 2 is 1.85 bits per heavy atom. The van der Waals surface area contributed by atoms with Crippen molar-refractivity contribution in [2.75, 3.05) is 19.5 Å². The van der Waals surface area contributed by atoms with E-state index in [-0.39, 0.29) is 17.0 Å². The molecule has 1 aromatic rings. The van der Waals surface area contributed by atoms with Crippen LogP contribution < -0.4 is 11.1 Å². The molecule has 6 N–H and O–H groups in total. The largest absolute Gasteiger partial charge is 0.490 e.